The van der Waals surface area contributed by atoms with Gasteiger partial charge in [0.25, 0.3) is 5.91 Å². The third-order valence-electron chi connectivity index (χ3n) is 4.97. The minimum absolute atomic E-state index is 0.0387. The smallest absolute Gasteiger partial charge is 0.292 e. The van der Waals surface area contributed by atoms with Crippen LogP contribution in [-0.2, 0) is 6.42 Å². The van der Waals surface area contributed by atoms with Crippen molar-refractivity contribution in [2.75, 3.05) is 13.1 Å². The van der Waals surface area contributed by atoms with Gasteiger partial charge in [-0.25, -0.2) is 0 Å². The number of aromatic nitrogens is 1. The van der Waals surface area contributed by atoms with E-state index in [9.17, 15) is 4.79 Å². The lowest BCUT2D eigenvalue weighted by Crippen LogP contribution is -2.38. The molecule has 3 aromatic rings. The molecule has 1 amide bonds. The summed E-state index contributed by atoms with van der Waals surface area (Å²) in [4.78, 5) is 14.5. The van der Waals surface area contributed by atoms with Crippen LogP contribution in [0.3, 0.4) is 0 Å². The predicted octanol–water partition coefficient (Wildman–Crippen LogP) is 4.29. The summed E-state index contributed by atoms with van der Waals surface area (Å²) in [5, 5.41) is 6.55. The van der Waals surface area contributed by atoms with Crippen LogP contribution >= 0.6 is 0 Å². The van der Waals surface area contributed by atoms with Crippen LogP contribution in [-0.4, -0.2) is 29.1 Å². The second kappa shape index (κ2) is 6.71. The van der Waals surface area contributed by atoms with Crippen LogP contribution in [0.2, 0.25) is 0 Å². The van der Waals surface area contributed by atoms with Crippen LogP contribution in [0.4, 0.5) is 0 Å². The van der Waals surface area contributed by atoms with Crippen LogP contribution in [0, 0.1) is 5.92 Å². The molecular weight excluding hydrogens is 312 g/mol. The highest BCUT2D eigenvalue weighted by Gasteiger charge is 2.25. The molecular formula is C21H22N2O2. The van der Waals surface area contributed by atoms with E-state index >= 15 is 0 Å². The molecule has 128 valence electrons. The molecule has 1 unspecified atom stereocenters. The van der Waals surface area contributed by atoms with E-state index in [1.807, 2.05) is 17.0 Å². The normalized spacial score (nSPS) is 17.8. The van der Waals surface area contributed by atoms with Crippen LogP contribution < -0.4 is 0 Å². The monoisotopic (exact) mass is 334 g/mol. The summed E-state index contributed by atoms with van der Waals surface area (Å²) in [6, 6.07) is 16.4. The largest absolute Gasteiger partial charge is 0.351 e. The average Bonchev–Trinajstić information content (AvgIpc) is 3.10. The van der Waals surface area contributed by atoms with Crippen molar-refractivity contribution >= 4 is 16.7 Å². The maximum Gasteiger partial charge on any atom is 0.292 e. The Morgan fingerprint density at radius 3 is 2.96 bits per heavy atom. The summed E-state index contributed by atoms with van der Waals surface area (Å²) in [5.74, 6) is 0.864. The molecule has 1 aliphatic heterocycles. The van der Waals surface area contributed by atoms with E-state index in [2.05, 4.69) is 42.4 Å². The summed E-state index contributed by atoms with van der Waals surface area (Å²) >= 11 is 0. The van der Waals surface area contributed by atoms with Crippen LogP contribution in [0.25, 0.3) is 10.8 Å². The van der Waals surface area contributed by atoms with Gasteiger partial charge in [0, 0.05) is 25.6 Å². The Bertz CT molecular complexity index is 894. The van der Waals surface area contributed by atoms with Crippen LogP contribution in [0.15, 0.2) is 53.1 Å². The van der Waals surface area contributed by atoms with Gasteiger partial charge in [-0.3, -0.25) is 4.79 Å². The zero-order chi connectivity index (χ0) is 17.2. The molecule has 4 nitrogen and oxygen atoms in total. The summed E-state index contributed by atoms with van der Waals surface area (Å²) in [6.07, 6.45) is 2.91. The van der Waals surface area contributed by atoms with Gasteiger partial charge in [-0.2, -0.15) is 0 Å². The molecule has 1 atom stereocenters. The van der Waals surface area contributed by atoms with Gasteiger partial charge >= 0.3 is 0 Å². The Morgan fingerprint density at radius 1 is 1.24 bits per heavy atom. The summed E-state index contributed by atoms with van der Waals surface area (Å²) < 4.78 is 5.36. The topological polar surface area (TPSA) is 46.3 Å². The lowest BCUT2D eigenvalue weighted by Gasteiger charge is -2.29. The zero-order valence-corrected chi connectivity index (χ0v) is 14.4. The molecule has 2 aromatic carbocycles. The second-order valence-corrected chi connectivity index (χ2v) is 7.00. The first-order chi connectivity index (χ1) is 12.2. The third-order valence-corrected chi connectivity index (χ3v) is 4.97. The molecule has 4 heteroatoms. The Morgan fingerprint density at radius 2 is 2.08 bits per heavy atom. The van der Waals surface area contributed by atoms with Crippen molar-refractivity contribution in [1.29, 1.82) is 0 Å². The number of amides is 1. The number of rotatable bonds is 3. The van der Waals surface area contributed by atoms with Crippen LogP contribution in [0.5, 0.6) is 0 Å². The van der Waals surface area contributed by atoms with Gasteiger partial charge in [0.1, 0.15) is 0 Å². The number of hydrogen-bond acceptors (Lipinski definition) is 3. The molecule has 0 aliphatic carbocycles. The van der Waals surface area contributed by atoms with Gasteiger partial charge in [-0.1, -0.05) is 54.5 Å². The average molecular weight is 334 g/mol. The fourth-order valence-corrected chi connectivity index (χ4v) is 3.67. The molecule has 1 aromatic heterocycles. The van der Waals surface area contributed by atoms with Crippen molar-refractivity contribution < 1.29 is 9.32 Å². The maximum absolute atomic E-state index is 12.6. The van der Waals surface area contributed by atoms with E-state index in [1.54, 1.807) is 6.07 Å². The zero-order valence-electron chi connectivity index (χ0n) is 14.4. The Labute approximate surface area is 147 Å². The van der Waals surface area contributed by atoms with Crippen molar-refractivity contribution in [3.63, 3.8) is 0 Å². The molecule has 25 heavy (non-hydrogen) atoms. The number of fused-ring (bicyclic) bond motifs is 1. The Balaban J connectivity index is 1.54. The molecule has 4 rings (SSSR count). The summed E-state index contributed by atoms with van der Waals surface area (Å²) in [5.41, 5.74) is 1.99. The molecule has 0 bridgehead atoms. The first-order valence-electron chi connectivity index (χ1n) is 8.92. The van der Waals surface area contributed by atoms with Crippen molar-refractivity contribution in [3.05, 3.63) is 65.5 Å². The van der Waals surface area contributed by atoms with Gasteiger partial charge in [-0.15, -0.1) is 0 Å². The quantitative estimate of drug-likeness (QED) is 0.718. The number of carbonyl (C=O) groups excluding carboxylic acids is 1. The predicted molar refractivity (Wildman–Crippen MR) is 97.6 cm³/mol. The van der Waals surface area contributed by atoms with E-state index in [0.29, 0.717) is 18.1 Å². The van der Waals surface area contributed by atoms with Gasteiger partial charge < -0.3 is 9.42 Å². The lowest BCUT2D eigenvalue weighted by atomic mass is 10.00. The maximum atomic E-state index is 12.6. The van der Waals surface area contributed by atoms with Gasteiger partial charge in [0.15, 0.2) is 0 Å². The number of hydrogen-bond donors (Lipinski definition) is 0. The standard InChI is InChI=1S/C21H22N2O2/c1-15-6-5-11-23(14-15)21(24)20-13-18(22-25-20)12-17-9-4-8-16-7-2-3-10-19(16)17/h2-4,7-10,13,15H,5-6,11-12,14H2,1H3. The van der Waals surface area contributed by atoms with E-state index in [4.69, 9.17) is 4.52 Å². The van der Waals surface area contributed by atoms with Crippen molar-refractivity contribution in [3.8, 4) is 0 Å². The molecule has 1 fully saturated rings. The molecule has 0 saturated carbocycles. The SMILES string of the molecule is CC1CCCN(C(=O)c2cc(Cc3cccc4ccccc34)no2)C1. The van der Waals surface area contributed by atoms with E-state index in [0.717, 1.165) is 25.2 Å². The highest BCUT2D eigenvalue weighted by molar-refractivity contribution is 5.91. The van der Waals surface area contributed by atoms with Gasteiger partial charge in [0.2, 0.25) is 5.76 Å². The number of likely N-dealkylation sites (tertiary alicyclic amines) is 1. The Hall–Kier alpha value is -2.62. The summed E-state index contributed by atoms with van der Waals surface area (Å²) in [6.45, 7) is 3.80. The Kier molecular flexibility index (Phi) is 4.26. The van der Waals surface area contributed by atoms with Crippen molar-refractivity contribution in [1.82, 2.24) is 10.1 Å². The minimum Gasteiger partial charge on any atom is -0.351 e. The number of nitrogens with zero attached hydrogens (tertiary/aromatic N) is 2. The van der Waals surface area contributed by atoms with Crippen LogP contribution in [0.1, 0.15) is 41.6 Å². The first kappa shape index (κ1) is 15.9. The van der Waals surface area contributed by atoms with Gasteiger partial charge in [0.05, 0.1) is 5.69 Å². The molecule has 1 aliphatic rings. The first-order valence-corrected chi connectivity index (χ1v) is 8.92. The highest BCUT2D eigenvalue weighted by Crippen LogP contribution is 2.22. The highest BCUT2D eigenvalue weighted by atomic mass is 16.5. The molecule has 1 saturated heterocycles. The number of piperidine rings is 1. The molecule has 0 spiro atoms. The fourth-order valence-electron chi connectivity index (χ4n) is 3.67. The lowest BCUT2D eigenvalue weighted by molar-refractivity contribution is 0.0641. The van der Waals surface area contributed by atoms with Gasteiger partial charge in [-0.05, 0) is 35.1 Å². The van der Waals surface area contributed by atoms with Crippen molar-refractivity contribution in [2.45, 2.75) is 26.2 Å². The molecule has 0 radical (unpaired) electrons. The number of benzene rings is 2. The molecule has 0 N–H and O–H groups in total. The third kappa shape index (κ3) is 3.29. The van der Waals surface area contributed by atoms with E-state index in [1.165, 1.54) is 22.8 Å². The fraction of sp³-hybridized carbons (Fsp3) is 0.333. The second-order valence-electron chi connectivity index (χ2n) is 7.00. The number of carbonyl (C=O) groups is 1. The minimum atomic E-state index is -0.0387. The van der Waals surface area contributed by atoms with Crippen molar-refractivity contribution in [2.24, 2.45) is 5.92 Å². The van der Waals surface area contributed by atoms with E-state index in [-0.39, 0.29) is 5.91 Å². The van der Waals surface area contributed by atoms with E-state index < -0.39 is 0 Å². The molecule has 2 heterocycles. The summed E-state index contributed by atoms with van der Waals surface area (Å²) in [7, 11) is 0.